The van der Waals surface area contributed by atoms with E-state index in [9.17, 15) is 9.59 Å². The smallest absolute Gasteiger partial charge is 0.225 e. The second-order valence-corrected chi connectivity index (χ2v) is 6.83. The van der Waals surface area contributed by atoms with Crippen LogP contribution in [0.15, 0.2) is 18.2 Å². The Labute approximate surface area is 139 Å². The fraction of sp³-hybridized carbons (Fsp3) is 0.500. The molecule has 2 fully saturated rings. The lowest BCUT2D eigenvalue weighted by Crippen LogP contribution is -2.42. The normalized spacial score (nSPS) is 21.8. The van der Waals surface area contributed by atoms with E-state index < -0.39 is 0 Å². The minimum absolute atomic E-state index is 0.0822. The number of rotatable bonds is 4. The van der Waals surface area contributed by atoms with E-state index in [1.165, 1.54) is 6.42 Å². The Bertz CT molecular complexity index is 602. The van der Waals surface area contributed by atoms with E-state index in [2.05, 4.69) is 5.32 Å². The molecule has 1 saturated carbocycles. The zero-order valence-corrected chi connectivity index (χ0v) is 13.7. The predicted molar refractivity (Wildman–Crippen MR) is 85.8 cm³/mol. The molecule has 1 aliphatic carbocycles. The Morgan fingerprint density at radius 2 is 2.09 bits per heavy atom. The summed E-state index contributed by atoms with van der Waals surface area (Å²) in [7, 11) is 0. The summed E-state index contributed by atoms with van der Waals surface area (Å²) >= 11 is 11.9. The number of nitrogens with one attached hydrogen (secondary N) is 1. The van der Waals surface area contributed by atoms with Crippen LogP contribution in [-0.4, -0.2) is 29.3 Å². The summed E-state index contributed by atoms with van der Waals surface area (Å²) in [6, 6.07) is 5.55. The third-order valence-electron chi connectivity index (χ3n) is 4.51. The Morgan fingerprint density at radius 1 is 1.32 bits per heavy atom. The molecule has 0 bridgehead atoms. The molecule has 1 N–H and O–H groups in total. The fourth-order valence-corrected chi connectivity index (χ4v) is 3.43. The Morgan fingerprint density at radius 3 is 2.73 bits per heavy atom. The van der Waals surface area contributed by atoms with E-state index >= 15 is 0 Å². The van der Waals surface area contributed by atoms with Crippen molar-refractivity contribution in [1.29, 1.82) is 0 Å². The fourth-order valence-electron chi connectivity index (χ4n) is 2.95. The third kappa shape index (κ3) is 3.23. The first kappa shape index (κ1) is 15.6. The van der Waals surface area contributed by atoms with Gasteiger partial charge in [-0.3, -0.25) is 9.59 Å². The lowest BCUT2D eigenvalue weighted by molar-refractivity contribution is -0.131. The van der Waals surface area contributed by atoms with Gasteiger partial charge in [0, 0.05) is 35.6 Å². The van der Waals surface area contributed by atoms with Gasteiger partial charge in [-0.15, -0.1) is 0 Å². The third-order valence-corrected chi connectivity index (χ3v) is 5.10. The highest BCUT2D eigenvalue weighted by Gasteiger charge is 2.39. The molecule has 0 spiro atoms. The number of hydrogen-bond donors (Lipinski definition) is 1. The maximum Gasteiger partial charge on any atom is 0.225 e. The first-order valence-corrected chi connectivity index (χ1v) is 8.31. The van der Waals surface area contributed by atoms with Crippen LogP contribution in [0.5, 0.6) is 0 Å². The molecule has 0 radical (unpaired) electrons. The van der Waals surface area contributed by atoms with Crippen molar-refractivity contribution in [2.45, 2.75) is 38.3 Å². The van der Waals surface area contributed by atoms with Crippen LogP contribution < -0.4 is 5.32 Å². The number of benzene rings is 1. The molecule has 1 aliphatic heterocycles. The van der Waals surface area contributed by atoms with Crippen LogP contribution >= 0.6 is 23.2 Å². The molecule has 2 aliphatic rings. The predicted octanol–water partition coefficient (Wildman–Crippen LogP) is 3.01. The van der Waals surface area contributed by atoms with Crippen LogP contribution in [0.3, 0.4) is 0 Å². The van der Waals surface area contributed by atoms with Crippen LogP contribution in [0, 0.1) is 5.92 Å². The standard InChI is InChI=1S/C16H18Cl2N2O2/c17-12-5-4-10(14(18)7-12)8-19-16(22)11-6-15(21)20(9-11)13-2-1-3-13/h4-5,7,11,13H,1-3,6,8-9H2,(H,19,22). The van der Waals surface area contributed by atoms with Crippen molar-refractivity contribution in [2.75, 3.05) is 6.54 Å². The minimum Gasteiger partial charge on any atom is -0.352 e. The van der Waals surface area contributed by atoms with Crippen molar-refractivity contribution in [3.8, 4) is 0 Å². The number of halogens is 2. The van der Waals surface area contributed by atoms with Crippen LogP contribution in [0.25, 0.3) is 0 Å². The molecular weight excluding hydrogens is 323 g/mol. The zero-order valence-electron chi connectivity index (χ0n) is 12.1. The maximum atomic E-state index is 12.3. The van der Waals surface area contributed by atoms with Gasteiger partial charge >= 0.3 is 0 Å². The van der Waals surface area contributed by atoms with E-state index in [0.717, 1.165) is 18.4 Å². The molecule has 1 unspecified atom stereocenters. The van der Waals surface area contributed by atoms with Gasteiger partial charge < -0.3 is 10.2 Å². The summed E-state index contributed by atoms with van der Waals surface area (Å²) in [5.41, 5.74) is 0.819. The van der Waals surface area contributed by atoms with Gasteiger partial charge in [-0.05, 0) is 37.0 Å². The monoisotopic (exact) mass is 340 g/mol. The molecule has 1 saturated heterocycles. The molecule has 1 atom stereocenters. The van der Waals surface area contributed by atoms with Gasteiger partial charge in [-0.2, -0.15) is 0 Å². The molecule has 3 rings (SSSR count). The Balaban J connectivity index is 1.55. The highest BCUT2D eigenvalue weighted by atomic mass is 35.5. The molecule has 4 nitrogen and oxygen atoms in total. The number of hydrogen-bond acceptors (Lipinski definition) is 2. The van der Waals surface area contributed by atoms with Crippen molar-refractivity contribution in [2.24, 2.45) is 5.92 Å². The van der Waals surface area contributed by atoms with Crippen molar-refractivity contribution in [3.05, 3.63) is 33.8 Å². The molecule has 118 valence electrons. The molecule has 6 heteroatoms. The maximum absolute atomic E-state index is 12.3. The highest BCUT2D eigenvalue weighted by Crippen LogP contribution is 2.30. The zero-order chi connectivity index (χ0) is 15.7. The molecular formula is C16H18Cl2N2O2. The van der Waals surface area contributed by atoms with Gasteiger partial charge in [-0.1, -0.05) is 29.3 Å². The first-order chi connectivity index (χ1) is 10.5. The van der Waals surface area contributed by atoms with Gasteiger partial charge in [0.15, 0.2) is 0 Å². The van der Waals surface area contributed by atoms with Crippen molar-refractivity contribution < 1.29 is 9.59 Å². The largest absolute Gasteiger partial charge is 0.352 e. The summed E-state index contributed by atoms with van der Waals surface area (Å²) in [5.74, 6) is -0.227. The number of nitrogens with zero attached hydrogens (tertiary/aromatic N) is 1. The Hall–Kier alpha value is -1.26. The van der Waals surface area contributed by atoms with Gasteiger partial charge in [-0.25, -0.2) is 0 Å². The molecule has 0 aromatic heterocycles. The molecule has 22 heavy (non-hydrogen) atoms. The van der Waals surface area contributed by atoms with E-state index in [-0.39, 0.29) is 17.7 Å². The van der Waals surface area contributed by atoms with E-state index in [1.54, 1.807) is 18.2 Å². The number of carbonyl (C=O) groups excluding carboxylic acids is 2. The summed E-state index contributed by atoms with van der Waals surface area (Å²) in [6.45, 7) is 0.895. The molecule has 1 aromatic carbocycles. The van der Waals surface area contributed by atoms with Gasteiger partial charge in [0.2, 0.25) is 11.8 Å². The number of carbonyl (C=O) groups is 2. The van der Waals surface area contributed by atoms with E-state index in [1.807, 2.05) is 4.90 Å². The lowest BCUT2D eigenvalue weighted by atomic mass is 9.92. The molecule has 1 aromatic rings. The van der Waals surface area contributed by atoms with Crippen molar-refractivity contribution >= 4 is 35.0 Å². The first-order valence-electron chi connectivity index (χ1n) is 7.55. The quantitative estimate of drug-likeness (QED) is 0.915. The van der Waals surface area contributed by atoms with Crippen molar-refractivity contribution in [3.63, 3.8) is 0 Å². The van der Waals surface area contributed by atoms with Gasteiger partial charge in [0.05, 0.1) is 5.92 Å². The highest BCUT2D eigenvalue weighted by molar-refractivity contribution is 6.35. The minimum atomic E-state index is -0.251. The van der Waals surface area contributed by atoms with Crippen LogP contribution in [0.1, 0.15) is 31.2 Å². The second-order valence-electron chi connectivity index (χ2n) is 5.99. The van der Waals surface area contributed by atoms with Gasteiger partial charge in [0.25, 0.3) is 0 Å². The summed E-state index contributed by atoms with van der Waals surface area (Å²) < 4.78 is 0. The van der Waals surface area contributed by atoms with E-state index in [4.69, 9.17) is 23.2 Å². The topological polar surface area (TPSA) is 49.4 Å². The lowest BCUT2D eigenvalue weighted by Gasteiger charge is -2.34. The van der Waals surface area contributed by atoms with Crippen LogP contribution in [-0.2, 0) is 16.1 Å². The van der Waals surface area contributed by atoms with Crippen molar-refractivity contribution in [1.82, 2.24) is 10.2 Å². The number of amides is 2. The summed E-state index contributed by atoms with van der Waals surface area (Å²) in [6.07, 6.45) is 3.64. The summed E-state index contributed by atoms with van der Waals surface area (Å²) in [5, 5.41) is 3.97. The average molecular weight is 341 g/mol. The summed E-state index contributed by atoms with van der Waals surface area (Å²) in [4.78, 5) is 26.1. The van der Waals surface area contributed by atoms with E-state index in [0.29, 0.717) is 35.6 Å². The van der Waals surface area contributed by atoms with Gasteiger partial charge in [0.1, 0.15) is 0 Å². The average Bonchev–Trinajstić information content (AvgIpc) is 2.78. The number of likely N-dealkylation sites (tertiary alicyclic amines) is 1. The van der Waals surface area contributed by atoms with Crippen LogP contribution in [0.4, 0.5) is 0 Å². The van der Waals surface area contributed by atoms with Crippen LogP contribution in [0.2, 0.25) is 10.0 Å². The SMILES string of the molecule is O=C(NCc1ccc(Cl)cc1Cl)C1CC(=O)N(C2CCC2)C1. The second kappa shape index (κ2) is 6.47. The molecule has 1 heterocycles. The Kier molecular flexibility index (Phi) is 4.59. The molecule has 2 amide bonds.